The van der Waals surface area contributed by atoms with Crippen LogP contribution in [0.3, 0.4) is 0 Å². The van der Waals surface area contributed by atoms with Gasteiger partial charge in [-0.1, -0.05) is 19.1 Å². The van der Waals surface area contributed by atoms with Crippen molar-refractivity contribution in [3.8, 4) is 0 Å². The van der Waals surface area contributed by atoms with E-state index in [1.165, 1.54) is 0 Å². The van der Waals surface area contributed by atoms with E-state index >= 15 is 0 Å². The Labute approximate surface area is 130 Å². The lowest BCUT2D eigenvalue weighted by Crippen LogP contribution is -2.45. The van der Waals surface area contributed by atoms with Crippen LogP contribution in [0.5, 0.6) is 0 Å². The van der Waals surface area contributed by atoms with Gasteiger partial charge in [0.1, 0.15) is 5.82 Å². The van der Waals surface area contributed by atoms with E-state index in [1.54, 1.807) is 0 Å². The molecule has 1 N–H and O–H groups in total. The van der Waals surface area contributed by atoms with Crippen LogP contribution >= 0.6 is 0 Å². The summed E-state index contributed by atoms with van der Waals surface area (Å²) in [4.78, 5) is 22.1. The van der Waals surface area contributed by atoms with Crippen LogP contribution in [-0.2, 0) is 16.0 Å². The van der Waals surface area contributed by atoms with Crippen LogP contribution in [0.15, 0.2) is 24.3 Å². The number of rotatable bonds is 5. The van der Waals surface area contributed by atoms with Gasteiger partial charge in [0.15, 0.2) is 0 Å². The van der Waals surface area contributed by atoms with Gasteiger partial charge in [0, 0.05) is 25.9 Å². The summed E-state index contributed by atoms with van der Waals surface area (Å²) in [5, 5.41) is 0. The van der Waals surface area contributed by atoms with Crippen molar-refractivity contribution in [2.45, 2.75) is 38.7 Å². The molecule has 1 aliphatic heterocycles. The number of aryl methyl sites for hydroxylation is 1. The molecule has 118 valence electrons. The van der Waals surface area contributed by atoms with Gasteiger partial charge in [-0.05, 0) is 25.0 Å². The number of aromatic nitrogens is 2. The summed E-state index contributed by atoms with van der Waals surface area (Å²) in [6.07, 6.45) is 3.37. The summed E-state index contributed by atoms with van der Waals surface area (Å²) >= 11 is 0. The van der Waals surface area contributed by atoms with E-state index in [-0.39, 0.29) is 12.0 Å². The molecule has 1 amide bonds. The Balaban J connectivity index is 1.49. The third kappa shape index (κ3) is 3.47. The van der Waals surface area contributed by atoms with Gasteiger partial charge in [-0.2, -0.15) is 0 Å². The van der Waals surface area contributed by atoms with Crippen LogP contribution in [-0.4, -0.2) is 46.6 Å². The first-order chi connectivity index (χ1) is 10.8. The number of nitrogens with zero attached hydrogens (tertiary/aromatic N) is 2. The Morgan fingerprint density at radius 3 is 3.14 bits per heavy atom. The van der Waals surface area contributed by atoms with Crippen molar-refractivity contribution in [1.82, 2.24) is 14.9 Å². The molecule has 1 atom stereocenters. The monoisotopic (exact) mass is 301 g/mol. The number of amides is 1. The minimum atomic E-state index is 0.202. The lowest BCUT2D eigenvalue weighted by molar-refractivity contribution is -0.138. The van der Waals surface area contributed by atoms with Crippen molar-refractivity contribution in [2.24, 2.45) is 0 Å². The van der Waals surface area contributed by atoms with E-state index in [2.05, 4.69) is 16.9 Å². The molecule has 1 aliphatic rings. The molecule has 1 fully saturated rings. The standard InChI is InChI=1S/C17H23N3O2/c1-2-13-12-20(10-11-22-13)17(21)9-5-8-16-18-14-6-3-4-7-15(14)19-16/h3-4,6-7,13H,2,5,8-12H2,1H3,(H,18,19)/t13-/m0/s1. The van der Waals surface area contributed by atoms with E-state index in [1.807, 2.05) is 29.2 Å². The Hall–Kier alpha value is -1.88. The summed E-state index contributed by atoms with van der Waals surface area (Å²) in [6, 6.07) is 8.00. The summed E-state index contributed by atoms with van der Waals surface area (Å²) in [5.74, 6) is 1.19. The zero-order valence-electron chi connectivity index (χ0n) is 13.0. The molecule has 1 aromatic heterocycles. The molecule has 0 bridgehead atoms. The summed E-state index contributed by atoms with van der Waals surface area (Å²) in [7, 11) is 0. The lowest BCUT2D eigenvalue weighted by Gasteiger charge is -2.32. The Kier molecular flexibility index (Phi) is 4.73. The second-order valence-electron chi connectivity index (χ2n) is 5.80. The number of hydrogen-bond donors (Lipinski definition) is 1. The number of carbonyl (C=O) groups excluding carboxylic acids is 1. The molecular formula is C17H23N3O2. The Bertz CT molecular complexity index is 605. The molecule has 5 nitrogen and oxygen atoms in total. The maximum Gasteiger partial charge on any atom is 0.222 e. The molecule has 5 heteroatoms. The summed E-state index contributed by atoms with van der Waals surface area (Å²) < 4.78 is 5.61. The van der Waals surface area contributed by atoms with Gasteiger partial charge in [-0.15, -0.1) is 0 Å². The largest absolute Gasteiger partial charge is 0.375 e. The molecule has 22 heavy (non-hydrogen) atoms. The Morgan fingerprint density at radius 2 is 2.32 bits per heavy atom. The zero-order valence-corrected chi connectivity index (χ0v) is 13.0. The van der Waals surface area contributed by atoms with E-state index in [0.717, 1.165) is 49.2 Å². The van der Waals surface area contributed by atoms with Crippen molar-refractivity contribution >= 4 is 16.9 Å². The van der Waals surface area contributed by atoms with Crippen molar-refractivity contribution in [2.75, 3.05) is 19.7 Å². The number of fused-ring (bicyclic) bond motifs is 1. The lowest BCUT2D eigenvalue weighted by atomic mass is 10.1. The average molecular weight is 301 g/mol. The van der Waals surface area contributed by atoms with Crippen molar-refractivity contribution < 1.29 is 9.53 Å². The molecule has 0 saturated carbocycles. The molecular weight excluding hydrogens is 278 g/mol. The van der Waals surface area contributed by atoms with Crippen LogP contribution in [0, 0.1) is 0 Å². The molecule has 1 saturated heterocycles. The van der Waals surface area contributed by atoms with Crippen molar-refractivity contribution in [3.63, 3.8) is 0 Å². The molecule has 1 aromatic carbocycles. The van der Waals surface area contributed by atoms with Gasteiger partial charge in [0.05, 0.1) is 23.7 Å². The number of imidazole rings is 1. The number of ether oxygens (including phenoxy) is 1. The summed E-state index contributed by atoms with van der Waals surface area (Å²) in [5.41, 5.74) is 2.05. The summed E-state index contributed by atoms with van der Waals surface area (Å²) in [6.45, 7) is 4.22. The van der Waals surface area contributed by atoms with Gasteiger partial charge in [0.25, 0.3) is 0 Å². The highest BCUT2D eigenvalue weighted by Gasteiger charge is 2.22. The molecule has 0 spiro atoms. The highest BCUT2D eigenvalue weighted by Crippen LogP contribution is 2.13. The first kappa shape index (κ1) is 15.0. The predicted molar refractivity (Wildman–Crippen MR) is 85.6 cm³/mol. The topological polar surface area (TPSA) is 58.2 Å². The molecule has 0 aliphatic carbocycles. The van der Waals surface area contributed by atoms with Gasteiger partial charge in [0.2, 0.25) is 5.91 Å². The van der Waals surface area contributed by atoms with Crippen LogP contribution in [0.1, 0.15) is 32.0 Å². The van der Waals surface area contributed by atoms with Gasteiger partial charge in [-0.25, -0.2) is 4.98 Å². The number of aromatic amines is 1. The van der Waals surface area contributed by atoms with Gasteiger partial charge < -0.3 is 14.6 Å². The van der Waals surface area contributed by atoms with Crippen molar-refractivity contribution in [3.05, 3.63) is 30.1 Å². The molecule has 3 rings (SSSR count). The minimum absolute atomic E-state index is 0.202. The minimum Gasteiger partial charge on any atom is -0.375 e. The van der Waals surface area contributed by atoms with Crippen LogP contribution in [0.4, 0.5) is 0 Å². The van der Waals surface area contributed by atoms with Gasteiger partial charge >= 0.3 is 0 Å². The molecule has 0 radical (unpaired) electrons. The second kappa shape index (κ2) is 6.92. The number of H-pyrrole nitrogens is 1. The number of carbonyl (C=O) groups is 1. The highest BCUT2D eigenvalue weighted by atomic mass is 16.5. The van der Waals surface area contributed by atoms with E-state index in [9.17, 15) is 4.79 Å². The molecule has 0 unspecified atom stereocenters. The fraction of sp³-hybridized carbons (Fsp3) is 0.529. The fourth-order valence-corrected chi connectivity index (χ4v) is 2.88. The van der Waals surface area contributed by atoms with E-state index in [0.29, 0.717) is 13.0 Å². The number of nitrogens with one attached hydrogen (secondary N) is 1. The Morgan fingerprint density at radius 1 is 1.45 bits per heavy atom. The normalized spacial score (nSPS) is 18.8. The molecule has 2 aromatic rings. The maximum atomic E-state index is 12.3. The predicted octanol–water partition coefficient (Wildman–Crippen LogP) is 2.52. The van der Waals surface area contributed by atoms with Crippen LogP contribution < -0.4 is 0 Å². The van der Waals surface area contributed by atoms with Crippen LogP contribution in [0.25, 0.3) is 11.0 Å². The third-order valence-electron chi connectivity index (χ3n) is 4.19. The second-order valence-corrected chi connectivity index (χ2v) is 5.80. The van der Waals surface area contributed by atoms with Gasteiger partial charge in [-0.3, -0.25) is 4.79 Å². The van der Waals surface area contributed by atoms with E-state index < -0.39 is 0 Å². The van der Waals surface area contributed by atoms with Crippen LogP contribution in [0.2, 0.25) is 0 Å². The van der Waals surface area contributed by atoms with Crippen molar-refractivity contribution in [1.29, 1.82) is 0 Å². The number of benzene rings is 1. The van der Waals surface area contributed by atoms with E-state index in [4.69, 9.17) is 4.74 Å². The first-order valence-electron chi connectivity index (χ1n) is 8.09. The maximum absolute atomic E-state index is 12.3. The SMILES string of the molecule is CC[C@H]1CN(C(=O)CCCc2nc3ccccc3[nH]2)CCO1. The smallest absolute Gasteiger partial charge is 0.222 e. The number of morpholine rings is 1. The number of hydrogen-bond acceptors (Lipinski definition) is 3. The fourth-order valence-electron chi connectivity index (χ4n) is 2.88. The zero-order chi connectivity index (χ0) is 15.4. The first-order valence-corrected chi connectivity index (χ1v) is 8.09. The molecule has 2 heterocycles. The average Bonchev–Trinajstić information content (AvgIpc) is 2.97. The highest BCUT2D eigenvalue weighted by molar-refractivity contribution is 5.76. The number of para-hydroxylation sites is 2. The third-order valence-corrected chi connectivity index (χ3v) is 4.19. The quantitative estimate of drug-likeness (QED) is 0.923.